The van der Waals surface area contributed by atoms with E-state index in [0.29, 0.717) is 6.54 Å². The third-order valence-corrected chi connectivity index (χ3v) is 5.28. The Morgan fingerprint density at radius 3 is 2.82 bits per heavy atom. The highest BCUT2D eigenvalue weighted by Gasteiger charge is 2.29. The number of likely N-dealkylation sites (N-methyl/N-ethyl adjacent to an activating group) is 1. The van der Waals surface area contributed by atoms with E-state index in [2.05, 4.69) is 28.3 Å². The third kappa shape index (κ3) is 3.77. The highest BCUT2D eigenvalue weighted by atomic mass is 16.3. The fourth-order valence-electron chi connectivity index (χ4n) is 3.75. The van der Waals surface area contributed by atoms with Gasteiger partial charge in [0.05, 0.1) is 31.4 Å². The molecule has 28 heavy (non-hydrogen) atoms. The van der Waals surface area contributed by atoms with Crippen LogP contribution in [0.15, 0.2) is 48.5 Å². The van der Waals surface area contributed by atoms with Crippen molar-refractivity contribution in [1.29, 1.82) is 0 Å². The second kappa shape index (κ2) is 7.86. The number of quaternary nitrogens is 1. The predicted octanol–water partition coefficient (Wildman–Crippen LogP) is 1.10. The molecule has 0 fully saturated rings. The number of aromatic hydroxyl groups is 1. The number of aromatic nitrogens is 1. The molecule has 0 aliphatic carbocycles. The number of amides is 1. The van der Waals surface area contributed by atoms with Gasteiger partial charge in [-0.3, -0.25) is 9.69 Å². The number of carbonyl (C=O) groups excluding carboxylic acids is 1. The number of hydrogen-bond donors (Lipinski definition) is 3. The summed E-state index contributed by atoms with van der Waals surface area (Å²) < 4.78 is 0. The van der Waals surface area contributed by atoms with Crippen LogP contribution < -0.4 is 20.5 Å². The fourth-order valence-corrected chi connectivity index (χ4v) is 3.75. The molecule has 3 aromatic rings. The summed E-state index contributed by atoms with van der Waals surface area (Å²) in [6.07, 6.45) is 1.78. The molecule has 0 unspecified atom stereocenters. The van der Waals surface area contributed by atoms with Crippen molar-refractivity contribution in [3.8, 4) is 5.75 Å². The number of phenols is 1. The maximum Gasteiger partial charge on any atom is 0.280 e. The highest BCUT2D eigenvalue weighted by molar-refractivity contribution is 6.03. The van der Waals surface area contributed by atoms with Crippen LogP contribution in [0.2, 0.25) is 0 Å². The Hall–Kier alpha value is -3.12. The van der Waals surface area contributed by atoms with Gasteiger partial charge in [0.2, 0.25) is 0 Å². The number of para-hydroxylation sites is 1. The first-order chi connectivity index (χ1) is 13.6. The summed E-state index contributed by atoms with van der Waals surface area (Å²) in [5.74, 6) is 1.38. The lowest BCUT2D eigenvalue weighted by atomic mass is 10.1. The van der Waals surface area contributed by atoms with Crippen molar-refractivity contribution in [2.75, 3.05) is 36.9 Å². The summed E-state index contributed by atoms with van der Waals surface area (Å²) in [6, 6.07) is 15.3. The number of anilines is 2. The molecule has 0 atom stereocenters. The number of nitrogens with zero attached hydrogens (tertiary/aromatic N) is 1. The quantitative estimate of drug-likeness (QED) is 0.562. The second-order valence-electron chi connectivity index (χ2n) is 7.29. The van der Waals surface area contributed by atoms with Gasteiger partial charge in [0, 0.05) is 18.2 Å². The third-order valence-electron chi connectivity index (χ3n) is 5.28. The van der Waals surface area contributed by atoms with Gasteiger partial charge in [-0.25, -0.2) is 4.98 Å². The van der Waals surface area contributed by atoms with Gasteiger partial charge in [-0.2, -0.15) is 0 Å². The first kappa shape index (κ1) is 18.3. The summed E-state index contributed by atoms with van der Waals surface area (Å²) in [5.41, 5.74) is 4.30. The molecular weight excluding hydrogens is 352 g/mol. The number of fused-ring (bicyclic) bond motifs is 2. The minimum atomic E-state index is 0.0128. The molecule has 2 heterocycles. The van der Waals surface area contributed by atoms with Crippen LogP contribution in [0.3, 0.4) is 0 Å². The largest absolute Gasteiger partial charge is 0.508 e. The number of H-pyrrole nitrogens is 1. The van der Waals surface area contributed by atoms with Crippen LogP contribution >= 0.6 is 0 Å². The first-order valence-electron chi connectivity index (χ1n) is 9.69. The Bertz CT molecular complexity index is 1000. The van der Waals surface area contributed by atoms with Crippen molar-refractivity contribution in [2.45, 2.75) is 12.8 Å². The zero-order chi connectivity index (χ0) is 19.5. The van der Waals surface area contributed by atoms with Crippen molar-refractivity contribution < 1.29 is 20.2 Å². The average molecular weight is 378 g/mol. The van der Waals surface area contributed by atoms with Crippen LogP contribution in [0, 0.1) is 0 Å². The fraction of sp³-hybridized carbons (Fsp3) is 0.273. The summed E-state index contributed by atoms with van der Waals surface area (Å²) >= 11 is 0. The van der Waals surface area contributed by atoms with E-state index in [9.17, 15) is 9.90 Å². The molecule has 1 aromatic heterocycles. The monoisotopic (exact) mass is 378 g/mol. The summed E-state index contributed by atoms with van der Waals surface area (Å²) in [7, 11) is 2.07. The van der Waals surface area contributed by atoms with Crippen LogP contribution in [0.25, 0.3) is 10.9 Å². The normalized spacial score (nSPS) is 13.0. The SMILES string of the molecule is CN1CCc2c1[nH+]c1ccccc1c2NC(=O)C[NH2+]CCc1ccc(O)cc1. The topological polar surface area (TPSA) is 83.3 Å². The number of pyridine rings is 1. The smallest absolute Gasteiger partial charge is 0.280 e. The number of carbonyl (C=O) groups is 1. The number of benzene rings is 2. The van der Waals surface area contributed by atoms with Crippen molar-refractivity contribution >= 4 is 28.3 Å². The Balaban J connectivity index is 1.42. The van der Waals surface area contributed by atoms with Crippen molar-refractivity contribution in [3.63, 3.8) is 0 Å². The molecule has 0 radical (unpaired) electrons. The molecule has 2 aromatic carbocycles. The van der Waals surface area contributed by atoms with Gasteiger partial charge in [-0.1, -0.05) is 24.3 Å². The Kier molecular flexibility index (Phi) is 5.12. The van der Waals surface area contributed by atoms with Crippen molar-refractivity contribution in [2.24, 2.45) is 0 Å². The molecule has 0 bridgehead atoms. The van der Waals surface area contributed by atoms with Crippen LogP contribution in [0.1, 0.15) is 11.1 Å². The molecule has 6 nitrogen and oxygen atoms in total. The minimum absolute atomic E-state index is 0.0128. The first-order valence-corrected chi connectivity index (χ1v) is 9.69. The van der Waals surface area contributed by atoms with E-state index in [1.165, 1.54) is 5.56 Å². The second-order valence-corrected chi connectivity index (χ2v) is 7.29. The average Bonchev–Trinajstić information content (AvgIpc) is 3.07. The van der Waals surface area contributed by atoms with E-state index in [-0.39, 0.29) is 11.7 Å². The maximum absolute atomic E-state index is 12.6. The van der Waals surface area contributed by atoms with Gasteiger partial charge in [0.15, 0.2) is 6.54 Å². The number of aromatic amines is 1. The number of phenolic OH excluding ortho intramolecular Hbond substituents is 1. The zero-order valence-corrected chi connectivity index (χ0v) is 16.0. The van der Waals surface area contributed by atoms with E-state index in [1.807, 2.05) is 35.6 Å². The van der Waals surface area contributed by atoms with E-state index in [0.717, 1.165) is 53.9 Å². The van der Waals surface area contributed by atoms with Gasteiger partial charge in [-0.15, -0.1) is 0 Å². The van der Waals surface area contributed by atoms with Crippen LogP contribution in [-0.2, 0) is 17.6 Å². The molecule has 5 N–H and O–H groups in total. The van der Waals surface area contributed by atoms with Gasteiger partial charge in [-0.05, 0) is 29.8 Å². The zero-order valence-electron chi connectivity index (χ0n) is 16.0. The molecule has 0 saturated heterocycles. The van der Waals surface area contributed by atoms with E-state index in [4.69, 9.17) is 0 Å². The Morgan fingerprint density at radius 2 is 2.00 bits per heavy atom. The summed E-state index contributed by atoms with van der Waals surface area (Å²) in [6.45, 7) is 2.15. The minimum Gasteiger partial charge on any atom is -0.508 e. The molecule has 144 valence electrons. The van der Waals surface area contributed by atoms with E-state index >= 15 is 0 Å². The lowest BCUT2D eigenvalue weighted by Crippen LogP contribution is -2.86. The summed E-state index contributed by atoms with van der Waals surface area (Å²) in [5, 5.41) is 15.6. The molecule has 0 saturated carbocycles. The number of rotatable bonds is 6. The summed E-state index contributed by atoms with van der Waals surface area (Å²) in [4.78, 5) is 18.3. The molecule has 6 heteroatoms. The van der Waals surface area contributed by atoms with Gasteiger partial charge in [0.25, 0.3) is 11.7 Å². The standard InChI is InChI=1S/C22H24N4O2/c1-26-13-11-18-21(17-4-2-3-5-19(17)24-22(18)26)25-20(28)14-23-12-10-15-6-8-16(27)9-7-15/h2-9,23,27H,10-14H2,1H3,(H,24,25,28)/p+2. The van der Waals surface area contributed by atoms with Crippen LogP contribution in [0.5, 0.6) is 5.75 Å². The van der Waals surface area contributed by atoms with Crippen molar-refractivity contribution in [3.05, 3.63) is 59.7 Å². The maximum atomic E-state index is 12.6. The van der Waals surface area contributed by atoms with Gasteiger partial charge < -0.3 is 15.7 Å². The molecule has 0 spiro atoms. The van der Waals surface area contributed by atoms with Gasteiger partial charge in [0.1, 0.15) is 11.3 Å². The van der Waals surface area contributed by atoms with E-state index in [1.54, 1.807) is 12.1 Å². The lowest BCUT2D eigenvalue weighted by Gasteiger charge is -2.11. The number of nitrogens with two attached hydrogens (primary N) is 1. The Morgan fingerprint density at radius 1 is 1.21 bits per heavy atom. The van der Waals surface area contributed by atoms with Crippen LogP contribution in [-0.4, -0.2) is 37.7 Å². The lowest BCUT2D eigenvalue weighted by molar-refractivity contribution is -0.643. The molecule has 4 rings (SSSR count). The van der Waals surface area contributed by atoms with E-state index < -0.39 is 0 Å². The molecule has 1 aliphatic heterocycles. The number of nitrogens with one attached hydrogen (secondary N) is 2. The number of hydrogen-bond acceptors (Lipinski definition) is 3. The highest BCUT2D eigenvalue weighted by Crippen LogP contribution is 2.34. The van der Waals surface area contributed by atoms with Crippen LogP contribution in [0.4, 0.5) is 11.5 Å². The van der Waals surface area contributed by atoms with Crippen molar-refractivity contribution in [1.82, 2.24) is 0 Å². The Labute approximate surface area is 164 Å². The predicted molar refractivity (Wildman–Crippen MR) is 110 cm³/mol. The van der Waals surface area contributed by atoms with Gasteiger partial charge >= 0.3 is 0 Å². The molecular formula is C22H26N4O2+2. The molecule has 1 amide bonds. The molecule has 1 aliphatic rings.